The maximum atomic E-state index is 13.3. The third kappa shape index (κ3) is 5.97. The smallest absolute Gasteiger partial charge is 0.244 e. The van der Waals surface area contributed by atoms with Gasteiger partial charge in [0.1, 0.15) is 12.4 Å². The second-order valence-corrected chi connectivity index (χ2v) is 12.1. The number of nitrogens with zero attached hydrogens (tertiary/aromatic N) is 2. The van der Waals surface area contributed by atoms with E-state index < -0.39 is 10.0 Å². The minimum absolute atomic E-state index is 0.0403. The van der Waals surface area contributed by atoms with E-state index in [9.17, 15) is 13.2 Å². The molecule has 0 aromatic heterocycles. The van der Waals surface area contributed by atoms with Crippen LogP contribution in [0.4, 0.5) is 5.69 Å². The van der Waals surface area contributed by atoms with Gasteiger partial charge in [0.15, 0.2) is 0 Å². The molecule has 6 nitrogen and oxygen atoms in total. The highest BCUT2D eigenvalue weighted by Gasteiger charge is 2.34. The molecule has 1 saturated heterocycles. The number of benzene rings is 3. The summed E-state index contributed by atoms with van der Waals surface area (Å²) in [6, 6.07) is 22.4. The Morgan fingerprint density at radius 2 is 1.66 bits per heavy atom. The highest BCUT2D eigenvalue weighted by atomic mass is 79.9. The highest BCUT2D eigenvalue weighted by Crippen LogP contribution is 2.33. The van der Waals surface area contributed by atoms with Crippen molar-refractivity contribution in [1.82, 2.24) is 4.31 Å². The number of carbonyl (C=O) groups excluding carboxylic acids is 1. The Morgan fingerprint density at radius 1 is 1.00 bits per heavy atom. The highest BCUT2D eigenvalue weighted by molar-refractivity contribution is 9.11. The summed E-state index contributed by atoms with van der Waals surface area (Å²) in [6.45, 7) is 0.983. The lowest BCUT2D eigenvalue weighted by atomic mass is 9.96. The number of halogens is 2. The molecule has 1 aliphatic heterocycles. The Hall–Kier alpha value is -2.20. The Labute approximate surface area is 223 Å². The lowest BCUT2D eigenvalue weighted by Gasteiger charge is -2.33. The van der Waals surface area contributed by atoms with E-state index in [4.69, 9.17) is 4.74 Å². The molecule has 0 N–H and O–H groups in total. The van der Waals surface area contributed by atoms with Crippen LogP contribution in [0, 0.1) is 5.92 Å². The van der Waals surface area contributed by atoms with E-state index in [0.717, 1.165) is 5.56 Å². The SMILES string of the molecule is CN(C(=O)C1CCN(S(=O)(=O)c2cc(Br)ccc2Br)CC1)c1ccccc1OCc1ccccc1. The minimum atomic E-state index is -3.67. The van der Waals surface area contributed by atoms with Gasteiger partial charge in [-0.3, -0.25) is 4.79 Å². The molecule has 0 spiro atoms. The number of ether oxygens (including phenoxy) is 1. The predicted octanol–water partition coefficient (Wildman–Crippen LogP) is 5.85. The average molecular weight is 622 g/mol. The fourth-order valence-electron chi connectivity index (χ4n) is 4.14. The average Bonchev–Trinajstić information content (AvgIpc) is 2.89. The lowest BCUT2D eigenvalue weighted by molar-refractivity contribution is -0.123. The monoisotopic (exact) mass is 620 g/mol. The Morgan fingerprint density at radius 3 is 2.37 bits per heavy atom. The zero-order chi connectivity index (χ0) is 25.0. The quantitative estimate of drug-likeness (QED) is 0.332. The van der Waals surface area contributed by atoms with Gasteiger partial charge < -0.3 is 9.64 Å². The number of para-hydroxylation sites is 2. The summed E-state index contributed by atoms with van der Waals surface area (Å²) in [4.78, 5) is 15.2. The molecule has 0 atom stereocenters. The van der Waals surface area contributed by atoms with Crippen molar-refractivity contribution in [3.8, 4) is 5.75 Å². The van der Waals surface area contributed by atoms with Gasteiger partial charge in [-0.2, -0.15) is 4.31 Å². The largest absolute Gasteiger partial charge is 0.487 e. The number of hydrogen-bond acceptors (Lipinski definition) is 4. The summed E-state index contributed by atoms with van der Waals surface area (Å²) >= 11 is 6.69. The van der Waals surface area contributed by atoms with Crippen LogP contribution in [0.5, 0.6) is 5.75 Å². The molecule has 35 heavy (non-hydrogen) atoms. The second kappa shape index (κ2) is 11.2. The van der Waals surface area contributed by atoms with Crippen LogP contribution in [0.2, 0.25) is 0 Å². The zero-order valence-corrected chi connectivity index (χ0v) is 23.2. The van der Waals surface area contributed by atoms with Gasteiger partial charge >= 0.3 is 0 Å². The fraction of sp³-hybridized carbons (Fsp3) is 0.269. The molecule has 3 aromatic rings. The molecule has 1 amide bonds. The van der Waals surface area contributed by atoms with Crippen molar-refractivity contribution in [3.63, 3.8) is 0 Å². The molecule has 0 bridgehead atoms. The minimum Gasteiger partial charge on any atom is -0.487 e. The van der Waals surface area contributed by atoms with Crippen LogP contribution in [0.15, 0.2) is 86.6 Å². The molecule has 3 aromatic carbocycles. The van der Waals surface area contributed by atoms with Gasteiger partial charge in [-0.05, 0) is 64.7 Å². The summed E-state index contributed by atoms with van der Waals surface area (Å²) in [6.07, 6.45) is 0.919. The van der Waals surface area contributed by atoms with Crippen molar-refractivity contribution in [1.29, 1.82) is 0 Å². The molecule has 1 fully saturated rings. The van der Waals surface area contributed by atoms with Gasteiger partial charge in [-0.25, -0.2) is 8.42 Å². The maximum Gasteiger partial charge on any atom is 0.244 e. The van der Waals surface area contributed by atoms with Gasteiger partial charge in [0.25, 0.3) is 0 Å². The van der Waals surface area contributed by atoms with Crippen molar-refractivity contribution in [2.75, 3.05) is 25.0 Å². The van der Waals surface area contributed by atoms with Crippen LogP contribution in [-0.2, 0) is 21.4 Å². The maximum absolute atomic E-state index is 13.3. The van der Waals surface area contributed by atoms with Gasteiger partial charge in [-0.1, -0.05) is 58.4 Å². The van der Waals surface area contributed by atoms with Gasteiger partial charge in [0.05, 0.1) is 10.6 Å². The lowest BCUT2D eigenvalue weighted by Crippen LogP contribution is -2.43. The van der Waals surface area contributed by atoms with Crippen LogP contribution in [0.3, 0.4) is 0 Å². The van der Waals surface area contributed by atoms with Gasteiger partial charge in [0.2, 0.25) is 15.9 Å². The first-order chi connectivity index (χ1) is 16.8. The third-order valence-electron chi connectivity index (χ3n) is 6.11. The number of carbonyl (C=O) groups is 1. The summed E-state index contributed by atoms with van der Waals surface area (Å²) in [5, 5.41) is 0. The summed E-state index contributed by atoms with van der Waals surface area (Å²) in [5.41, 5.74) is 1.74. The first kappa shape index (κ1) is 25.9. The van der Waals surface area contributed by atoms with E-state index in [2.05, 4.69) is 31.9 Å². The molecule has 0 radical (unpaired) electrons. The van der Waals surface area contributed by atoms with E-state index >= 15 is 0 Å². The van der Waals surface area contributed by atoms with Crippen LogP contribution in [0.1, 0.15) is 18.4 Å². The van der Waals surface area contributed by atoms with Crippen molar-refractivity contribution in [3.05, 3.63) is 87.3 Å². The van der Waals surface area contributed by atoms with Crippen molar-refractivity contribution < 1.29 is 17.9 Å². The van der Waals surface area contributed by atoms with E-state index in [1.165, 1.54) is 4.31 Å². The van der Waals surface area contributed by atoms with Gasteiger partial charge in [-0.15, -0.1) is 0 Å². The van der Waals surface area contributed by atoms with Crippen LogP contribution >= 0.6 is 31.9 Å². The van der Waals surface area contributed by atoms with E-state index in [0.29, 0.717) is 39.8 Å². The first-order valence-corrected chi connectivity index (χ1v) is 14.3. The summed E-state index contributed by atoms with van der Waals surface area (Å²) < 4.78 is 35.1. The summed E-state index contributed by atoms with van der Waals surface area (Å²) in [5.74, 6) is 0.327. The molecule has 1 heterocycles. The second-order valence-electron chi connectivity index (χ2n) is 8.39. The number of amides is 1. The Kier molecular flexibility index (Phi) is 8.31. The molecule has 0 saturated carbocycles. The number of rotatable bonds is 7. The van der Waals surface area contributed by atoms with Crippen molar-refractivity contribution in [2.24, 2.45) is 5.92 Å². The topological polar surface area (TPSA) is 66.9 Å². The first-order valence-electron chi connectivity index (χ1n) is 11.3. The molecular weight excluding hydrogens is 596 g/mol. The molecule has 184 valence electrons. The summed E-state index contributed by atoms with van der Waals surface area (Å²) in [7, 11) is -1.92. The van der Waals surface area contributed by atoms with Gasteiger partial charge in [0, 0.05) is 35.0 Å². The van der Waals surface area contributed by atoms with E-state index in [1.54, 1.807) is 30.1 Å². The molecule has 9 heteroatoms. The van der Waals surface area contributed by atoms with Crippen molar-refractivity contribution >= 4 is 53.5 Å². The van der Waals surface area contributed by atoms with Crippen molar-refractivity contribution in [2.45, 2.75) is 24.3 Å². The molecule has 1 aliphatic rings. The van der Waals surface area contributed by atoms with Crippen LogP contribution in [-0.4, -0.2) is 38.8 Å². The Bertz CT molecular complexity index is 1290. The molecular formula is C26H26Br2N2O4S. The molecule has 4 rings (SSSR count). The fourth-order valence-corrected chi connectivity index (χ4v) is 7.07. The Balaban J connectivity index is 1.42. The standard InChI is InChI=1S/C26H26Br2N2O4S/c1-29(23-9-5-6-10-24(23)34-18-19-7-3-2-4-8-19)26(31)20-13-15-30(16-14-20)35(32,33)25-17-21(27)11-12-22(25)28/h2-12,17,20H,13-16,18H2,1H3. The van der Waals surface area contributed by atoms with Crippen LogP contribution in [0.25, 0.3) is 0 Å². The number of anilines is 1. The molecule has 0 aliphatic carbocycles. The molecule has 0 unspecified atom stereocenters. The number of hydrogen-bond donors (Lipinski definition) is 0. The normalized spacial score (nSPS) is 15.1. The zero-order valence-electron chi connectivity index (χ0n) is 19.2. The predicted molar refractivity (Wildman–Crippen MR) is 144 cm³/mol. The number of piperidine rings is 1. The van der Waals surface area contributed by atoms with E-state index in [-0.39, 0.29) is 29.8 Å². The third-order valence-corrected chi connectivity index (χ3v) is 9.49. The van der Waals surface area contributed by atoms with Crippen LogP contribution < -0.4 is 9.64 Å². The van der Waals surface area contributed by atoms with E-state index in [1.807, 2.05) is 54.6 Å². The number of sulfonamides is 1.